The van der Waals surface area contributed by atoms with Gasteiger partial charge in [0.1, 0.15) is 0 Å². The van der Waals surface area contributed by atoms with Gasteiger partial charge in [-0.25, -0.2) is 0 Å². The maximum Gasteiger partial charge on any atom is 0.231 e. The highest BCUT2D eigenvalue weighted by Crippen LogP contribution is 2.34. The fourth-order valence-electron chi connectivity index (χ4n) is 2.80. The number of ketones is 1. The number of rotatable bonds is 6. The molecule has 0 radical (unpaired) electrons. The molecule has 0 N–H and O–H groups in total. The minimum atomic E-state index is -0.0484. The summed E-state index contributed by atoms with van der Waals surface area (Å²) in [5.74, 6) is 2.05. The van der Waals surface area contributed by atoms with Gasteiger partial charge in [0.15, 0.2) is 17.3 Å². The molecule has 3 aromatic rings. The van der Waals surface area contributed by atoms with Crippen LogP contribution in [0.2, 0.25) is 0 Å². The molecular weight excluding hydrogens is 356 g/mol. The van der Waals surface area contributed by atoms with Crippen LogP contribution in [-0.2, 0) is 5.75 Å². The number of carbonyl (C=O) groups excluding carboxylic acids is 1. The third-order valence-corrected chi connectivity index (χ3v) is 5.36. The Labute approximate surface area is 162 Å². The van der Waals surface area contributed by atoms with Crippen LogP contribution in [0.5, 0.6) is 11.5 Å². The molecule has 4 rings (SSSR count). The van der Waals surface area contributed by atoms with Crippen molar-refractivity contribution < 1.29 is 14.3 Å². The third kappa shape index (κ3) is 4.23. The summed E-state index contributed by atoms with van der Waals surface area (Å²) in [5, 5.41) is 0. The maximum atomic E-state index is 12.9. The van der Waals surface area contributed by atoms with Gasteiger partial charge in [0.2, 0.25) is 6.79 Å². The summed E-state index contributed by atoms with van der Waals surface area (Å²) in [6.45, 7) is 0.199. The Bertz CT molecular complexity index is 965. The molecule has 1 aliphatic rings. The van der Waals surface area contributed by atoms with E-state index in [9.17, 15) is 4.79 Å². The molecule has 134 valence electrons. The van der Waals surface area contributed by atoms with Crippen LogP contribution in [0.1, 0.15) is 21.5 Å². The number of benzene rings is 3. The van der Waals surface area contributed by atoms with E-state index in [0.717, 1.165) is 16.2 Å². The summed E-state index contributed by atoms with van der Waals surface area (Å²) >= 11 is 1.66. The molecule has 3 aromatic carbocycles. The lowest BCUT2D eigenvalue weighted by atomic mass is 10.1. The standard InChI is InChI=1S/C23H18O3S/c24-20(19-11-12-21-22(13-19)26-16-25-21)14-23(18-9-5-2-6-10-18)27-15-17-7-3-1-4-8-17/h1-14H,15-16H2/b23-14-. The molecule has 0 amide bonds. The number of carbonyl (C=O) groups is 1. The molecule has 0 atom stereocenters. The second-order valence-electron chi connectivity index (χ2n) is 6.08. The first-order chi connectivity index (χ1) is 13.3. The zero-order valence-corrected chi connectivity index (χ0v) is 15.4. The van der Waals surface area contributed by atoms with Crippen molar-refractivity contribution >= 4 is 22.5 Å². The van der Waals surface area contributed by atoms with E-state index >= 15 is 0 Å². The molecule has 0 saturated carbocycles. The summed E-state index contributed by atoms with van der Waals surface area (Å²) in [5.41, 5.74) is 2.85. The van der Waals surface area contributed by atoms with Crippen molar-refractivity contribution in [1.29, 1.82) is 0 Å². The van der Waals surface area contributed by atoms with E-state index in [0.29, 0.717) is 17.1 Å². The molecule has 0 saturated heterocycles. The number of allylic oxidation sites excluding steroid dienone is 1. The Kier molecular flexibility index (Phi) is 5.26. The Balaban J connectivity index is 1.60. The number of fused-ring (bicyclic) bond motifs is 1. The van der Waals surface area contributed by atoms with Crippen LogP contribution < -0.4 is 9.47 Å². The van der Waals surface area contributed by atoms with Crippen molar-refractivity contribution in [1.82, 2.24) is 0 Å². The highest BCUT2D eigenvalue weighted by atomic mass is 32.2. The first-order valence-corrected chi connectivity index (χ1v) is 9.66. The summed E-state index contributed by atoms with van der Waals surface area (Å²) in [6, 6.07) is 25.5. The van der Waals surface area contributed by atoms with Crippen molar-refractivity contribution in [3.8, 4) is 11.5 Å². The molecule has 1 heterocycles. The second kappa shape index (κ2) is 8.14. The monoisotopic (exact) mass is 374 g/mol. The Morgan fingerprint density at radius 3 is 2.33 bits per heavy atom. The molecular formula is C23H18O3S. The first kappa shape index (κ1) is 17.4. The average Bonchev–Trinajstić information content (AvgIpc) is 3.20. The second-order valence-corrected chi connectivity index (χ2v) is 7.10. The fraction of sp³-hybridized carbons (Fsp3) is 0.0870. The zero-order chi connectivity index (χ0) is 18.5. The first-order valence-electron chi connectivity index (χ1n) is 8.67. The summed E-state index contributed by atoms with van der Waals surface area (Å²) in [4.78, 5) is 13.8. The molecule has 4 heteroatoms. The quantitative estimate of drug-likeness (QED) is 0.417. The minimum absolute atomic E-state index is 0.0484. The van der Waals surface area contributed by atoms with E-state index in [4.69, 9.17) is 9.47 Å². The van der Waals surface area contributed by atoms with Gasteiger partial charge in [0.25, 0.3) is 0 Å². The maximum absolute atomic E-state index is 12.9. The Morgan fingerprint density at radius 1 is 0.852 bits per heavy atom. The predicted octanol–water partition coefficient (Wildman–Crippen LogP) is 5.57. The molecule has 0 fully saturated rings. The highest BCUT2D eigenvalue weighted by molar-refractivity contribution is 8.07. The molecule has 0 spiro atoms. The van der Waals surface area contributed by atoms with E-state index in [2.05, 4.69) is 12.1 Å². The molecule has 27 heavy (non-hydrogen) atoms. The number of hydrogen-bond donors (Lipinski definition) is 0. The summed E-state index contributed by atoms with van der Waals surface area (Å²) < 4.78 is 10.7. The van der Waals surface area contributed by atoms with E-state index in [1.54, 1.807) is 36.0 Å². The zero-order valence-electron chi connectivity index (χ0n) is 14.6. The predicted molar refractivity (Wildman–Crippen MR) is 109 cm³/mol. The lowest BCUT2D eigenvalue weighted by molar-refractivity contribution is 0.104. The van der Waals surface area contributed by atoms with Gasteiger partial charge >= 0.3 is 0 Å². The van der Waals surface area contributed by atoms with Crippen molar-refractivity contribution in [2.45, 2.75) is 5.75 Å². The van der Waals surface area contributed by atoms with Gasteiger partial charge in [0.05, 0.1) is 0 Å². The number of thioether (sulfide) groups is 1. The number of hydrogen-bond acceptors (Lipinski definition) is 4. The van der Waals surface area contributed by atoms with Crippen molar-refractivity contribution in [3.63, 3.8) is 0 Å². The summed E-state index contributed by atoms with van der Waals surface area (Å²) in [7, 11) is 0. The summed E-state index contributed by atoms with van der Waals surface area (Å²) in [6.07, 6.45) is 1.71. The van der Waals surface area contributed by atoms with Crippen LogP contribution in [0.25, 0.3) is 4.91 Å². The van der Waals surface area contributed by atoms with Gasteiger partial charge in [-0.15, -0.1) is 11.8 Å². The molecule has 0 aliphatic carbocycles. The highest BCUT2D eigenvalue weighted by Gasteiger charge is 2.16. The van der Waals surface area contributed by atoms with Gasteiger partial charge < -0.3 is 9.47 Å². The molecule has 3 nitrogen and oxygen atoms in total. The Hall–Kier alpha value is -2.98. The topological polar surface area (TPSA) is 35.5 Å². The lowest BCUT2D eigenvalue weighted by Gasteiger charge is -2.08. The van der Waals surface area contributed by atoms with E-state index in [1.807, 2.05) is 48.5 Å². The van der Waals surface area contributed by atoms with E-state index in [-0.39, 0.29) is 12.6 Å². The number of ether oxygens (including phenoxy) is 2. The van der Waals surface area contributed by atoms with Crippen LogP contribution >= 0.6 is 11.8 Å². The van der Waals surface area contributed by atoms with E-state index in [1.165, 1.54) is 5.56 Å². The molecule has 1 aliphatic heterocycles. The van der Waals surface area contributed by atoms with Gasteiger partial charge in [-0.3, -0.25) is 4.79 Å². The van der Waals surface area contributed by atoms with Crippen LogP contribution in [0.3, 0.4) is 0 Å². The van der Waals surface area contributed by atoms with Crippen LogP contribution in [0.4, 0.5) is 0 Å². The largest absolute Gasteiger partial charge is 0.454 e. The molecule has 0 bridgehead atoms. The minimum Gasteiger partial charge on any atom is -0.454 e. The molecule has 0 unspecified atom stereocenters. The SMILES string of the molecule is O=C(/C=C(\SCc1ccccc1)c1ccccc1)c1ccc2c(c1)OCO2. The van der Waals surface area contributed by atoms with Crippen LogP contribution in [0, 0.1) is 0 Å². The van der Waals surface area contributed by atoms with E-state index < -0.39 is 0 Å². The normalized spacial score (nSPS) is 12.8. The van der Waals surface area contributed by atoms with Gasteiger partial charge in [0, 0.05) is 22.3 Å². The average molecular weight is 374 g/mol. The van der Waals surface area contributed by atoms with Crippen molar-refractivity contribution in [2.24, 2.45) is 0 Å². The molecule has 0 aromatic heterocycles. The van der Waals surface area contributed by atoms with Crippen LogP contribution in [0.15, 0.2) is 84.9 Å². The smallest absolute Gasteiger partial charge is 0.231 e. The fourth-order valence-corrected chi connectivity index (χ4v) is 3.81. The van der Waals surface area contributed by atoms with Crippen LogP contribution in [-0.4, -0.2) is 12.6 Å². The Morgan fingerprint density at radius 2 is 1.56 bits per heavy atom. The van der Waals surface area contributed by atoms with Gasteiger partial charge in [-0.05, 0) is 29.3 Å². The van der Waals surface area contributed by atoms with Crippen molar-refractivity contribution in [2.75, 3.05) is 6.79 Å². The third-order valence-electron chi connectivity index (χ3n) is 4.21. The lowest BCUT2D eigenvalue weighted by Crippen LogP contribution is -1.96. The van der Waals surface area contributed by atoms with Crippen molar-refractivity contribution in [3.05, 3.63) is 102 Å². The van der Waals surface area contributed by atoms with Gasteiger partial charge in [-0.2, -0.15) is 0 Å². The van der Waals surface area contributed by atoms with Gasteiger partial charge in [-0.1, -0.05) is 60.7 Å².